The van der Waals surface area contributed by atoms with E-state index < -0.39 is 34.7 Å². The van der Waals surface area contributed by atoms with Gasteiger partial charge in [-0.1, -0.05) is 44.7 Å². The number of fused-ring (bicyclic) bond motifs is 1. The molecule has 236 valence electrons. The van der Waals surface area contributed by atoms with Gasteiger partial charge in [-0.2, -0.15) is 0 Å². The number of carbonyl (C=O) groups is 2. The molecule has 0 saturated carbocycles. The Morgan fingerprint density at radius 3 is 2.31 bits per heavy atom. The van der Waals surface area contributed by atoms with Crippen molar-refractivity contribution < 1.29 is 44.3 Å². The van der Waals surface area contributed by atoms with E-state index in [9.17, 15) is 39.9 Å². The summed E-state index contributed by atoms with van der Waals surface area (Å²) in [5, 5.41) is 53.0. The number of phenolic OH excluding ortho intramolecular Hbond substituents is 4. The van der Waals surface area contributed by atoms with Gasteiger partial charge in [0, 0.05) is 29.8 Å². The molecule has 1 atom stereocenters. The van der Waals surface area contributed by atoms with Gasteiger partial charge in [0.15, 0.2) is 23.0 Å². The van der Waals surface area contributed by atoms with Gasteiger partial charge in [0.25, 0.3) is 0 Å². The van der Waals surface area contributed by atoms with E-state index in [0.29, 0.717) is 24.0 Å². The van der Waals surface area contributed by atoms with Crippen molar-refractivity contribution in [2.45, 2.75) is 52.0 Å². The topological polar surface area (TPSA) is 187 Å². The number of esters is 1. The fourth-order valence-electron chi connectivity index (χ4n) is 4.74. The molecule has 1 heterocycles. The zero-order chi connectivity index (χ0) is 32.7. The van der Waals surface area contributed by atoms with Crippen molar-refractivity contribution in [3.8, 4) is 45.8 Å². The number of hydrogen-bond acceptors (Lipinski definition) is 11. The van der Waals surface area contributed by atoms with Gasteiger partial charge >= 0.3 is 5.97 Å². The Labute approximate surface area is 258 Å². The number of Topliss-reactive ketones (excluding diaryl/α,β-unsaturated/α-hetero) is 1. The zero-order valence-corrected chi connectivity index (χ0v) is 24.9. The second kappa shape index (κ2) is 14.5. The summed E-state index contributed by atoms with van der Waals surface area (Å²) in [4.78, 5) is 39.2. The summed E-state index contributed by atoms with van der Waals surface area (Å²) in [6.07, 6.45) is 5.47. The molecule has 4 aromatic rings. The Hall–Kier alpha value is -5.29. The number of hydrogen-bond donors (Lipinski definition) is 6. The number of benzene rings is 3. The quantitative estimate of drug-likeness (QED) is 0.0366. The first-order valence-electron chi connectivity index (χ1n) is 14.5. The smallest absolute Gasteiger partial charge is 0.328 e. The summed E-state index contributed by atoms with van der Waals surface area (Å²) >= 11 is 0. The molecule has 0 aliphatic carbocycles. The second-order valence-electron chi connectivity index (χ2n) is 10.7. The van der Waals surface area contributed by atoms with Crippen molar-refractivity contribution in [3.05, 3.63) is 76.0 Å². The van der Waals surface area contributed by atoms with Gasteiger partial charge in [-0.05, 0) is 55.3 Å². The first-order chi connectivity index (χ1) is 21.5. The fourth-order valence-corrected chi connectivity index (χ4v) is 4.74. The third-order valence-corrected chi connectivity index (χ3v) is 7.22. The number of rotatable bonds is 13. The molecule has 6 N–H and O–H groups in total. The van der Waals surface area contributed by atoms with Crippen LogP contribution in [0.5, 0.6) is 34.5 Å². The third-order valence-electron chi connectivity index (χ3n) is 7.22. The van der Waals surface area contributed by atoms with Crippen molar-refractivity contribution in [1.29, 1.82) is 0 Å². The summed E-state index contributed by atoms with van der Waals surface area (Å²) in [6, 6.07) is 11.1. The minimum atomic E-state index is -0.954. The summed E-state index contributed by atoms with van der Waals surface area (Å²) in [6.45, 7) is 3.48. The van der Waals surface area contributed by atoms with Crippen LogP contribution in [0.2, 0.25) is 0 Å². The van der Waals surface area contributed by atoms with Crippen LogP contribution in [0.3, 0.4) is 0 Å². The average Bonchev–Trinajstić information content (AvgIpc) is 2.99. The van der Waals surface area contributed by atoms with Crippen molar-refractivity contribution in [2.24, 2.45) is 0 Å². The fraction of sp³-hybridized carbons (Fsp3) is 0.265. The summed E-state index contributed by atoms with van der Waals surface area (Å²) in [5.41, 5.74) is -0.0208. The number of carbonyl (C=O) groups excluding carboxylic acids is 2. The lowest BCUT2D eigenvalue weighted by Crippen LogP contribution is -2.41. The van der Waals surface area contributed by atoms with Crippen LogP contribution in [0, 0.1) is 0 Å². The summed E-state index contributed by atoms with van der Waals surface area (Å²) in [7, 11) is 0. The predicted octanol–water partition coefficient (Wildman–Crippen LogP) is 5.49. The number of phenols is 4. The monoisotopic (exact) mass is 617 g/mol. The van der Waals surface area contributed by atoms with Crippen molar-refractivity contribution in [2.75, 3.05) is 6.54 Å². The van der Waals surface area contributed by atoms with Crippen LogP contribution < -0.4 is 15.5 Å². The van der Waals surface area contributed by atoms with Crippen LogP contribution in [-0.2, 0) is 9.59 Å². The Kier molecular flexibility index (Phi) is 10.5. The minimum absolute atomic E-state index is 0.0241. The molecular formula is C34H35NO10. The molecule has 0 fully saturated rings. The highest BCUT2D eigenvalue weighted by Gasteiger charge is 2.25. The number of aromatic hydroxyl groups is 5. The number of ketones is 1. The first kappa shape index (κ1) is 32.6. The lowest BCUT2D eigenvalue weighted by molar-refractivity contribution is -0.137. The van der Waals surface area contributed by atoms with E-state index in [1.807, 2.05) is 0 Å². The molecule has 0 spiro atoms. The van der Waals surface area contributed by atoms with Gasteiger partial charge in [-0.25, -0.2) is 4.79 Å². The summed E-state index contributed by atoms with van der Waals surface area (Å²) in [5.74, 6) is -3.75. The molecular weight excluding hydrogens is 582 g/mol. The van der Waals surface area contributed by atoms with E-state index in [0.717, 1.165) is 43.5 Å². The molecule has 0 bridgehead atoms. The maximum absolute atomic E-state index is 13.5. The highest BCUT2D eigenvalue weighted by molar-refractivity contribution is 5.98. The number of unbranched alkanes of at least 4 members (excludes halogenated alkanes) is 3. The van der Waals surface area contributed by atoms with Crippen molar-refractivity contribution in [1.82, 2.24) is 5.32 Å². The highest BCUT2D eigenvalue weighted by atomic mass is 16.5. The molecule has 0 aliphatic heterocycles. The molecule has 0 amide bonds. The van der Waals surface area contributed by atoms with Gasteiger partial charge in [0.1, 0.15) is 34.3 Å². The molecule has 3 aromatic carbocycles. The Morgan fingerprint density at radius 2 is 1.64 bits per heavy atom. The van der Waals surface area contributed by atoms with Crippen molar-refractivity contribution in [3.63, 3.8) is 0 Å². The maximum Gasteiger partial charge on any atom is 0.328 e. The van der Waals surface area contributed by atoms with Crippen molar-refractivity contribution >= 4 is 28.8 Å². The predicted molar refractivity (Wildman–Crippen MR) is 168 cm³/mol. The van der Waals surface area contributed by atoms with E-state index in [1.165, 1.54) is 25.1 Å². The molecule has 45 heavy (non-hydrogen) atoms. The maximum atomic E-state index is 13.5. The van der Waals surface area contributed by atoms with Crippen LogP contribution in [0.4, 0.5) is 0 Å². The normalized spacial score (nSPS) is 12.3. The molecule has 1 unspecified atom stereocenters. The Bertz CT molecular complexity index is 1790. The van der Waals surface area contributed by atoms with Crippen LogP contribution in [-0.4, -0.2) is 49.9 Å². The number of ether oxygens (including phenoxy) is 1. The average molecular weight is 618 g/mol. The van der Waals surface area contributed by atoms with Crippen LogP contribution in [0.1, 0.15) is 51.5 Å². The van der Waals surface area contributed by atoms with Gasteiger partial charge < -0.3 is 40.0 Å². The lowest BCUT2D eigenvalue weighted by Gasteiger charge is -2.19. The van der Waals surface area contributed by atoms with Gasteiger partial charge in [0.05, 0.1) is 0 Å². The second-order valence-corrected chi connectivity index (χ2v) is 10.7. The van der Waals surface area contributed by atoms with E-state index in [1.54, 1.807) is 18.2 Å². The van der Waals surface area contributed by atoms with E-state index >= 15 is 0 Å². The van der Waals surface area contributed by atoms with E-state index in [-0.39, 0.29) is 51.9 Å². The minimum Gasteiger partial charge on any atom is -0.508 e. The lowest BCUT2D eigenvalue weighted by atomic mass is 10.0. The van der Waals surface area contributed by atoms with Crippen LogP contribution in [0.25, 0.3) is 28.4 Å². The van der Waals surface area contributed by atoms with Crippen LogP contribution in [0.15, 0.2) is 69.4 Å². The summed E-state index contributed by atoms with van der Waals surface area (Å²) < 4.78 is 11.3. The molecule has 0 aliphatic rings. The standard InChI is InChI=1S/C34H35NO10/c1-3-4-5-6-7-25(35-18-22(19(2)36)14-20-8-11-23(37)12-9-20)34(43)45-29-17-24(38)16-28-30(29)31(41)32(42)33(44-28)21-10-13-26(39)27(40)15-21/h8-17,25,35,37-40,42H,3-7,18H2,1-2H3/b22-14+. The zero-order valence-electron chi connectivity index (χ0n) is 24.9. The van der Waals surface area contributed by atoms with Gasteiger partial charge in [0.2, 0.25) is 11.2 Å². The van der Waals surface area contributed by atoms with E-state index in [2.05, 4.69) is 12.2 Å². The van der Waals surface area contributed by atoms with Gasteiger partial charge in [-0.3, -0.25) is 9.59 Å². The first-order valence-corrected chi connectivity index (χ1v) is 14.5. The Morgan fingerprint density at radius 1 is 0.911 bits per heavy atom. The molecule has 0 radical (unpaired) electrons. The largest absolute Gasteiger partial charge is 0.508 e. The third kappa shape index (κ3) is 8.01. The molecule has 11 nitrogen and oxygen atoms in total. The Balaban J connectivity index is 1.65. The number of nitrogens with one attached hydrogen (secondary N) is 1. The highest BCUT2D eigenvalue weighted by Crippen LogP contribution is 2.38. The molecule has 1 aromatic heterocycles. The van der Waals surface area contributed by atoms with Gasteiger partial charge in [-0.15, -0.1) is 0 Å². The SMILES string of the molecule is CCCCCCC(NC/C(=C\c1ccc(O)cc1)C(C)=O)C(=O)Oc1cc(O)cc2oc(-c3ccc(O)c(O)c3)c(O)c(=O)c12. The molecule has 0 saturated heterocycles. The van der Waals surface area contributed by atoms with Crippen LogP contribution >= 0.6 is 0 Å². The van der Waals surface area contributed by atoms with E-state index in [4.69, 9.17) is 9.15 Å². The molecule has 11 heteroatoms. The molecule has 4 rings (SSSR count).